The molecular formula is C11H18N2. The standard InChI is InChI=1S/C9H12N2.C2H6/c1-4-8-7(3)6-11-9(8)10-5-2;1-2/h4-6,11H,1H2,2-3H3;1-2H3/b10-5-;. The van der Waals surface area contributed by atoms with E-state index in [0.29, 0.717) is 0 Å². The summed E-state index contributed by atoms with van der Waals surface area (Å²) in [4.78, 5) is 7.20. The number of hydrogen-bond donors (Lipinski definition) is 1. The highest BCUT2D eigenvalue weighted by atomic mass is 14.9. The molecule has 0 saturated carbocycles. The van der Waals surface area contributed by atoms with Crippen molar-refractivity contribution in [2.45, 2.75) is 27.7 Å². The van der Waals surface area contributed by atoms with Crippen LogP contribution in [0, 0.1) is 6.92 Å². The summed E-state index contributed by atoms with van der Waals surface area (Å²) in [7, 11) is 0. The van der Waals surface area contributed by atoms with Crippen LogP contribution in [-0.2, 0) is 0 Å². The maximum absolute atomic E-state index is 4.15. The molecule has 0 atom stereocenters. The van der Waals surface area contributed by atoms with Gasteiger partial charge in [0.05, 0.1) is 0 Å². The molecule has 13 heavy (non-hydrogen) atoms. The predicted octanol–water partition coefficient (Wildman–Crippen LogP) is 3.71. The number of hydrogen-bond acceptors (Lipinski definition) is 1. The number of nitrogens with one attached hydrogen (secondary N) is 1. The minimum absolute atomic E-state index is 0.889. The highest BCUT2D eigenvalue weighted by molar-refractivity contribution is 5.68. The van der Waals surface area contributed by atoms with E-state index < -0.39 is 0 Å². The minimum atomic E-state index is 0.889. The summed E-state index contributed by atoms with van der Waals surface area (Å²) in [5.74, 6) is 0.889. The van der Waals surface area contributed by atoms with Crippen molar-refractivity contribution in [2.75, 3.05) is 0 Å². The van der Waals surface area contributed by atoms with Crippen LogP contribution >= 0.6 is 0 Å². The fourth-order valence-corrected chi connectivity index (χ4v) is 1.01. The molecule has 0 saturated heterocycles. The summed E-state index contributed by atoms with van der Waals surface area (Å²) >= 11 is 0. The van der Waals surface area contributed by atoms with Crippen LogP contribution < -0.4 is 0 Å². The van der Waals surface area contributed by atoms with Crippen LogP contribution in [0.3, 0.4) is 0 Å². The molecule has 0 aromatic carbocycles. The fraction of sp³-hybridized carbons (Fsp3) is 0.364. The van der Waals surface area contributed by atoms with E-state index in [1.54, 1.807) is 6.21 Å². The van der Waals surface area contributed by atoms with Gasteiger partial charge < -0.3 is 4.98 Å². The molecule has 0 amide bonds. The quantitative estimate of drug-likeness (QED) is 0.669. The first kappa shape index (κ1) is 11.7. The molecule has 1 heterocycles. The Balaban J connectivity index is 0.000000671. The van der Waals surface area contributed by atoms with Crippen molar-refractivity contribution in [1.82, 2.24) is 4.98 Å². The van der Waals surface area contributed by atoms with E-state index in [2.05, 4.69) is 16.6 Å². The number of nitrogens with zero attached hydrogens (tertiary/aromatic N) is 1. The molecule has 0 unspecified atom stereocenters. The van der Waals surface area contributed by atoms with E-state index in [4.69, 9.17) is 0 Å². The molecule has 0 aliphatic rings. The maximum atomic E-state index is 4.15. The van der Waals surface area contributed by atoms with Gasteiger partial charge in [0.1, 0.15) is 5.82 Å². The SMILES string of the molecule is C=Cc1c(C)c[nH]c1/N=C\C.CC. The molecule has 1 rings (SSSR count). The third-order valence-corrected chi connectivity index (χ3v) is 1.57. The lowest BCUT2D eigenvalue weighted by atomic mass is 10.2. The molecule has 0 fully saturated rings. The zero-order chi connectivity index (χ0) is 10.3. The van der Waals surface area contributed by atoms with Gasteiger partial charge in [0.2, 0.25) is 0 Å². The number of aromatic amines is 1. The Morgan fingerprint density at radius 2 is 2.08 bits per heavy atom. The molecule has 1 N–H and O–H groups in total. The van der Waals surface area contributed by atoms with Crippen LogP contribution in [0.1, 0.15) is 31.9 Å². The lowest BCUT2D eigenvalue weighted by molar-refractivity contribution is 1.33. The third-order valence-electron chi connectivity index (χ3n) is 1.57. The number of aromatic nitrogens is 1. The van der Waals surface area contributed by atoms with Gasteiger partial charge >= 0.3 is 0 Å². The van der Waals surface area contributed by atoms with E-state index in [0.717, 1.165) is 11.4 Å². The molecule has 2 nitrogen and oxygen atoms in total. The smallest absolute Gasteiger partial charge is 0.137 e. The molecule has 0 radical (unpaired) electrons. The minimum Gasteiger partial charge on any atom is -0.346 e. The second kappa shape index (κ2) is 6.23. The summed E-state index contributed by atoms with van der Waals surface area (Å²) in [6, 6.07) is 0. The number of rotatable bonds is 2. The number of aliphatic imine (C=N–C) groups is 1. The summed E-state index contributed by atoms with van der Waals surface area (Å²) in [6.07, 6.45) is 5.51. The topological polar surface area (TPSA) is 28.1 Å². The summed E-state index contributed by atoms with van der Waals surface area (Å²) < 4.78 is 0. The summed E-state index contributed by atoms with van der Waals surface area (Å²) in [5.41, 5.74) is 2.27. The molecular weight excluding hydrogens is 160 g/mol. The highest BCUT2D eigenvalue weighted by Gasteiger charge is 2.00. The van der Waals surface area contributed by atoms with Crippen LogP contribution in [0.25, 0.3) is 6.08 Å². The first-order valence-corrected chi connectivity index (χ1v) is 4.58. The molecule has 2 heteroatoms. The van der Waals surface area contributed by atoms with Gasteiger partial charge in [-0.1, -0.05) is 26.5 Å². The zero-order valence-electron chi connectivity index (χ0n) is 8.89. The maximum Gasteiger partial charge on any atom is 0.137 e. The van der Waals surface area contributed by atoms with Gasteiger partial charge in [0.25, 0.3) is 0 Å². The monoisotopic (exact) mass is 178 g/mol. The molecule has 0 aliphatic heterocycles. The first-order chi connectivity index (χ1) is 6.29. The third kappa shape index (κ3) is 2.90. The van der Waals surface area contributed by atoms with E-state index in [-0.39, 0.29) is 0 Å². The summed E-state index contributed by atoms with van der Waals surface area (Å²) in [5, 5.41) is 0. The lowest BCUT2D eigenvalue weighted by Crippen LogP contribution is -1.70. The van der Waals surface area contributed by atoms with Crippen molar-refractivity contribution in [3.63, 3.8) is 0 Å². The number of aryl methyl sites for hydroxylation is 1. The zero-order valence-corrected chi connectivity index (χ0v) is 8.89. The normalized spacial score (nSPS) is 9.54. The molecule has 0 spiro atoms. The van der Waals surface area contributed by atoms with Crippen LogP contribution in [-0.4, -0.2) is 11.2 Å². The highest BCUT2D eigenvalue weighted by Crippen LogP contribution is 2.21. The van der Waals surface area contributed by atoms with Crippen molar-refractivity contribution in [2.24, 2.45) is 4.99 Å². The molecule has 72 valence electrons. The van der Waals surface area contributed by atoms with Gasteiger partial charge in [-0.25, -0.2) is 4.99 Å². The van der Waals surface area contributed by atoms with Gasteiger partial charge in [-0.2, -0.15) is 0 Å². The Bertz CT molecular complexity index is 282. The van der Waals surface area contributed by atoms with Gasteiger partial charge in [-0.3, -0.25) is 0 Å². The van der Waals surface area contributed by atoms with E-state index in [1.165, 1.54) is 5.56 Å². The Labute approximate surface area is 80.4 Å². The Kier molecular flexibility index (Phi) is 5.60. The molecule has 0 bridgehead atoms. The molecule has 0 aliphatic carbocycles. The van der Waals surface area contributed by atoms with Crippen LogP contribution in [0.2, 0.25) is 0 Å². The van der Waals surface area contributed by atoms with Gasteiger partial charge in [0, 0.05) is 18.0 Å². The second-order valence-electron chi connectivity index (χ2n) is 2.33. The summed E-state index contributed by atoms with van der Waals surface area (Å²) in [6.45, 7) is 11.6. The largest absolute Gasteiger partial charge is 0.346 e. The Hall–Kier alpha value is -1.31. The Morgan fingerprint density at radius 3 is 2.54 bits per heavy atom. The van der Waals surface area contributed by atoms with Crippen LogP contribution in [0.4, 0.5) is 5.82 Å². The predicted molar refractivity (Wildman–Crippen MR) is 60.8 cm³/mol. The van der Waals surface area contributed by atoms with Crippen LogP contribution in [0.5, 0.6) is 0 Å². The first-order valence-electron chi connectivity index (χ1n) is 4.58. The van der Waals surface area contributed by atoms with Gasteiger partial charge in [-0.15, -0.1) is 0 Å². The van der Waals surface area contributed by atoms with E-state index in [9.17, 15) is 0 Å². The lowest BCUT2D eigenvalue weighted by Gasteiger charge is -1.91. The van der Waals surface area contributed by atoms with Gasteiger partial charge in [0.15, 0.2) is 0 Å². The van der Waals surface area contributed by atoms with Crippen LogP contribution in [0.15, 0.2) is 17.8 Å². The van der Waals surface area contributed by atoms with Crippen molar-refractivity contribution in [1.29, 1.82) is 0 Å². The van der Waals surface area contributed by atoms with Crippen molar-refractivity contribution >= 4 is 18.1 Å². The van der Waals surface area contributed by atoms with E-state index >= 15 is 0 Å². The molecule has 1 aromatic heterocycles. The van der Waals surface area contributed by atoms with Crippen molar-refractivity contribution < 1.29 is 0 Å². The van der Waals surface area contributed by atoms with E-state index in [1.807, 2.05) is 40.0 Å². The average molecular weight is 178 g/mol. The second-order valence-corrected chi connectivity index (χ2v) is 2.33. The molecule has 1 aromatic rings. The van der Waals surface area contributed by atoms with Crippen molar-refractivity contribution in [3.8, 4) is 0 Å². The Morgan fingerprint density at radius 1 is 1.46 bits per heavy atom. The fourth-order valence-electron chi connectivity index (χ4n) is 1.01. The number of H-pyrrole nitrogens is 1. The van der Waals surface area contributed by atoms with Crippen molar-refractivity contribution in [3.05, 3.63) is 23.9 Å². The average Bonchev–Trinajstić information content (AvgIpc) is 2.51. The van der Waals surface area contributed by atoms with Gasteiger partial charge in [-0.05, 0) is 19.4 Å².